The first-order valence-corrected chi connectivity index (χ1v) is 4.17. The van der Waals surface area contributed by atoms with Gasteiger partial charge in [-0.1, -0.05) is 0 Å². The van der Waals surface area contributed by atoms with E-state index in [9.17, 15) is 14.5 Å². The second kappa shape index (κ2) is 4.53. The molecule has 0 bridgehead atoms. The van der Waals surface area contributed by atoms with Crippen molar-refractivity contribution in [1.29, 1.82) is 0 Å². The third-order valence-electron chi connectivity index (χ3n) is 1.81. The Labute approximate surface area is 90.3 Å². The Morgan fingerprint density at radius 3 is 2.62 bits per heavy atom. The Hall–Kier alpha value is -2.22. The zero-order valence-corrected chi connectivity index (χ0v) is 8.42. The van der Waals surface area contributed by atoms with Gasteiger partial charge in [0.25, 0.3) is 5.69 Å². The van der Waals surface area contributed by atoms with Crippen molar-refractivity contribution in [2.75, 3.05) is 7.05 Å². The highest BCUT2D eigenvalue weighted by molar-refractivity contribution is 5.98. The van der Waals surface area contributed by atoms with E-state index in [0.29, 0.717) is 0 Å². The van der Waals surface area contributed by atoms with Crippen molar-refractivity contribution >= 4 is 11.5 Å². The average molecular weight is 227 g/mol. The third kappa shape index (κ3) is 2.42. The monoisotopic (exact) mass is 227 g/mol. The molecule has 0 radical (unpaired) electrons. The Morgan fingerprint density at radius 1 is 1.56 bits per heavy atom. The van der Waals surface area contributed by atoms with Crippen LogP contribution in [-0.2, 0) is 0 Å². The topological polar surface area (TPSA) is 111 Å². The number of hydrazone groups is 1. The van der Waals surface area contributed by atoms with Gasteiger partial charge in [-0.05, 0) is 6.07 Å². The minimum atomic E-state index is -0.757. The molecular formula is C8H10FN5O2. The summed E-state index contributed by atoms with van der Waals surface area (Å²) in [6, 6.07) is 2.99. The highest BCUT2D eigenvalue weighted by Crippen LogP contribution is 2.17. The number of benzene rings is 1. The molecule has 0 spiro atoms. The van der Waals surface area contributed by atoms with Crippen molar-refractivity contribution in [3.63, 3.8) is 0 Å². The van der Waals surface area contributed by atoms with Crippen LogP contribution >= 0.6 is 0 Å². The maximum Gasteiger partial charge on any atom is 0.273 e. The second-order valence-electron chi connectivity index (χ2n) is 3.02. The first kappa shape index (κ1) is 11.9. The van der Waals surface area contributed by atoms with Crippen molar-refractivity contribution in [3.8, 4) is 0 Å². The van der Waals surface area contributed by atoms with Crippen molar-refractivity contribution in [3.05, 3.63) is 39.7 Å². The van der Waals surface area contributed by atoms with Gasteiger partial charge in [0.05, 0.1) is 11.0 Å². The number of amidine groups is 1. The van der Waals surface area contributed by atoms with Gasteiger partial charge in [-0.3, -0.25) is 15.1 Å². The van der Waals surface area contributed by atoms with Crippen molar-refractivity contribution in [2.45, 2.75) is 0 Å². The number of nitrogens with two attached hydrogens (primary N) is 2. The molecular weight excluding hydrogens is 217 g/mol. The van der Waals surface area contributed by atoms with Gasteiger partial charge in [0.1, 0.15) is 5.82 Å². The molecule has 4 N–H and O–H groups in total. The Bertz CT molecular complexity index is 446. The number of non-ortho nitro benzene ring substituents is 1. The highest BCUT2D eigenvalue weighted by Gasteiger charge is 2.14. The van der Waals surface area contributed by atoms with Gasteiger partial charge in [0.15, 0.2) is 5.84 Å². The zero-order chi connectivity index (χ0) is 12.3. The summed E-state index contributed by atoms with van der Waals surface area (Å²) in [4.78, 5) is 9.80. The molecule has 7 nitrogen and oxygen atoms in total. The summed E-state index contributed by atoms with van der Waals surface area (Å²) < 4.78 is 13.1. The summed E-state index contributed by atoms with van der Waals surface area (Å²) in [5, 5.41) is 14.9. The number of nitro benzene ring substituents is 1. The van der Waals surface area contributed by atoms with E-state index < -0.39 is 16.4 Å². The summed E-state index contributed by atoms with van der Waals surface area (Å²) in [5.41, 5.74) is -0.253. The van der Waals surface area contributed by atoms with Crippen LogP contribution in [0.5, 0.6) is 0 Å². The quantitative estimate of drug-likeness (QED) is 0.246. The molecule has 1 aromatic rings. The molecule has 0 fully saturated rings. The average Bonchev–Trinajstić information content (AvgIpc) is 2.17. The zero-order valence-electron chi connectivity index (χ0n) is 8.42. The molecule has 0 saturated heterocycles. The molecule has 8 heteroatoms. The number of rotatable bonds is 2. The predicted molar refractivity (Wildman–Crippen MR) is 55.7 cm³/mol. The standard InChI is InChI=1S/C8H10FN5O2/c1-13(11)8(12-10)5-2-6(9)4-7(3-5)14(15)16/h2-4H,10-11H2,1H3/b12-8-. The number of hydrogen-bond donors (Lipinski definition) is 2. The molecule has 0 amide bonds. The van der Waals surface area contributed by atoms with E-state index in [4.69, 9.17) is 11.7 Å². The molecule has 86 valence electrons. The lowest BCUT2D eigenvalue weighted by atomic mass is 10.1. The van der Waals surface area contributed by atoms with Crippen molar-refractivity contribution < 1.29 is 9.31 Å². The number of hydrazine groups is 1. The summed E-state index contributed by atoms with van der Waals surface area (Å²) in [6.07, 6.45) is 0. The molecule has 0 unspecified atom stereocenters. The molecule has 0 aliphatic heterocycles. The lowest BCUT2D eigenvalue weighted by Crippen LogP contribution is -2.34. The van der Waals surface area contributed by atoms with Crippen molar-refractivity contribution in [2.24, 2.45) is 16.8 Å². The fraction of sp³-hybridized carbons (Fsp3) is 0.125. The van der Waals surface area contributed by atoms with Crippen LogP contribution in [-0.4, -0.2) is 22.8 Å². The number of nitrogens with zero attached hydrogens (tertiary/aromatic N) is 3. The predicted octanol–water partition coefficient (Wildman–Crippen LogP) is 0.160. The minimum absolute atomic E-state index is 0.0441. The van der Waals surface area contributed by atoms with Crippen LogP contribution in [0.3, 0.4) is 0 Å². The lowest BCUT2D eigenvalue weighted by Gasteiger charge is -2.13. The van der Waals surface area contributed by atoms with Gasteiger partial charge in [0.2, 0.25) is 0 Å². The SMILES string of the molecule is CN(N)/C(=N\N)c1cc(F)cc([N+](=O)[O-])c1. The van der Waals surface area contributed by atoms with Gasteiger partial charge in [-0.25, -0.2) is 10.2 Å². The van der Waals surface area contributed by atoms with E-state index in [1.165, 1.54) is 7.05 Å². The molecule has 1 aromatic carbocycles. The summed E-state index contributed by atoms with van der Waals surface area (Å²) in [6.45, 7) is 0. The summed E-state index contributed by atoms with van der Waals surface area (Å²) in [7, 11) is 1.43. The van der Waals surface area contributed by atoms with Crippen LogP contribution in [0.2, 0.25) is 0 Å². The van der Waals surface area contributed by atoms with E-state index in [-0.39, 0.29) is 11.4 Å². The molecule has 0 aliphatic rings. The molecule has 0 saturated carbocycles. The molecule has 0 atom stereocenters. The fourth-order valence-electron chi connectivity index (χ4n) is 1.18. The fourth-order valence-corrected chi connectivity index (χ4v) is 1.18. The van der Waals surface area contributed by atoms with Crippen LogP contribution in [0, 0.1) is 15.9 Å². The Morgan fingerprint density at radius 2 is 2.19 bits per heavy atom. The van der Waals surface area contributed by atoms with Crippen LogP contribution in [0.25, 0.3) is 0 Å². The van der Waals surface area contributed by atoms with E-state index >= 15 is 0 Å². The van der Waals surface area contributed by atoms with E-state index in [1.807, 2.05) is 0 Å². The van der Waals surface area contributed by atoms with Crippen LogP contribution in [0.4, 0.5) is 10.1 Å². The molecule has 0 heterocycles. The van der Waals surface area contributed by atoms with Gasteiger partial charge >= 0.3 is 0 Å². The van der Waals surface area contributed by atoms with Crippen LogP contribution in [0.1, 0.15) is 5.56 Å². The number of hydrogen-bond acceptors (Lipinski definition) is 5. The summed E-state index contributed by atoms with van der Waals surface area (Å²) >= 11 is 0. The van der Waals surface area contributed by atoms with Gasteiger partial charge in [0, 0.05) is 18.7 Å². The normalized spacial score (nSPS) is 11.3. The van der Waals surface area contributed by atoms with Gasteiger partial charge < -0.3 is 5.84 Å². The molecule has 0 aliphatic carbocycles. The number of halogens is 1. The molecule has 1 rings (SSSR count). The largest absolute Gasteiger partial charge is 0.321 e. The first-order chi connectivity index (χ1) is 7.45. The molecule has 0 aromatic heterocycles. The Kier molecular flexibility index (Phi) is 3.36. The van der Waals surface area contributed by atoms with E-state index in [1.54, 1.807) is 0 Å². The number of nitro groups is 1. The second-order valence-corrected chi connectivity index (χ2v) is 3.02. The van der Waals surface area contributed by atoms with E-state index in [0.717, 1.165) is 23.2 Å². The smallest absolute Gasteiger partial charge is 0.273 e. The van der Waals surface area contributed by atoms with E-state index in [2.05, 4.69) is 5.10 Å². The highest BCUT2D eigenvalue weighted by atomic mass is 19.1. The maximum atomic E-state index is 13.1. The minimum Gasteiger partial charge on any atom is -0.321 e. The lowest BCUT2D eigenvalue weighted by molar-refractivity contribution is -0.385. The summed E-state index contributed by atoms with van der Waals surface area (Å²) in [5.74, 6) is 9.73. The van der Waals surface area contributed by atoms with Crippen LogP contribution < -0.4 is 11.7 Å². The molecule has 16 heavy (non-hydrogen) atoms. The Balaban J connectivity index is 3.29. The maximum absolute atomic E-state index is 13.1. The van der Waals surface area contributed by atoms with Gasteiger partial charge in [-0.2, -0.15) is 5.10 Å². The third-order valence-corrected chi connectivity index (χ3v) is 1.81. The van der Waals surface area contributed by atoms with Crippen molar-refractivity contribution in [1.82, 2.24) is 5.01 Å². The van der Waals surface area contributed by atoms with Crippen LogP contribution in [0.15, 0.2) is 23.3 Å². The first-order valence-electron chi connectivity index (χ1n) is 4.17. The van der Waals surface area contributed by atoms with Gasteiger partial charge in [-0.15, -0.1) is 0 Å².